The molecule has 0 aromatic carbocycles. The third kappa shape index (κ3) is 2.20. The second kappa shape index (κ2) is 4.86. The Labute approximate surface area is 137 Å². The molecule has 6 nitrogen and oxygen atoms in total. The first-order valence-electron chi connectivity index (χ1n) is 7.06. The largest absolute Gasteiger partial charge is 0.481 e. The summed E-state index contributed by atoms with van der Waals surface area (Å²) >= 11 is 11.8. The first kappa shape index (κ1) is 15.6. The fourth-order valence-electron chi connectivity index (χ4n) is 3.50. The van der Waals surface area contributed by atoms with Gasteiger partial charge < -0.3 is 5.11 Å². The predicted molar refractivity (Wildman–Crippen MR) is 78.8 cm³/mol. The number of hydrazine groups is 1. The van der Waals surface area contributed by atoms with Gasteiger partial charge in [-0.15, -0.1) is 23.2 Å². The second-order valence-corrected chi connectivity index (χ2v) is 7.98. The van der Waals surface area contributed by atoms with Crippen molar-refractivity contribution in [1.82, 2.24) is 10.9 Å². The van der Waals surface area contributed by atoms with Crippen molar-refractivity contribution in [2.45, 2.75) is 24.1 Å². The fourth-order valence-corrected chi connectivity index (χ4v) is 4.21. The van der Waals surface area contributed by atoms with Crippen LogP contribution in [0.3, 0.4) is 0 Å². The number of fused-ring (bicyclic) bond motifs is 2. The van der Waals surface area contributed by atoms with Gasteiger partial charge in [0, 0.05) is 0 Å². The summed E-state index contributed by atoms with van der Waals surface area (Å²) in [5.74, 6) is -3.58. The first-order valence-corrected chi connectivity index (χ1v) is 7.82. The van der Waals surface area contributed by atoms with Gasteiger partial charge in [-0.1, -0.05) is 12.2 Å². The Balaban J connectivity index is 1.62. The summed E-state index contributed by atoms with van der Waals surface area (Å²) in [6, 6.07) is 0. The molecule has 0 heterocycles. The minimum Gasteiger partial charge on any atom is -0.481 e. The van der Waals surface area contributed by atoms with Crippen molar-refractivity contribution in [2.24, 2.45) is 29.1 Å². The average Bonchev–Trinajstić information content (AvgIpc) is 2.85. The number of carboxylic acids is 1. The van der Waals surface area contributed by atoms with Crippen LogP contribution >= 0.6 is 23.2 Å². The van der Waals surface area contributed by atoms with E-state index in [9.17, 15) is 19.5 Å². The normalized spacial score (nSPS) is 40.3. The molecule has 0 aliphatic heterocycles. The highest BCUT2D eigenvalue weighted by Crippen LogP contribution is 2.63. The lowest BCUT2D eigenvalue weighted by Gasteiger charge is -2.24. The van der Waals surface area contributed by atoms with Crippen LogP contribution in [-0.4, -0.2) is 27.2 Å². The van der Waals surface area contributed by atoms with Crippen LogP contribution < -0.4 is 10.9 Å². The second-order valence-electron chi connectivity index (χ2n) is 6.49. The molecule has 3 aliphatic carbocycles. The minimum absolute atomic E-state index is 0.0975. The molecule has 2 amide bonds. The number of hydrogen-bond acceptors (Lipinski definition) is 3. The number of alkyl halides is 2. The highest BCUT2D eigenvalue weighted by Gasteiger charge is 2.68. The minimum atomic E-state index is -1.12. The van der Waals surface area contributed by atoms with Crippen molar-refractivity contribution in [3.8, 4) is 0 Å². The molecule has 0 spiro atoms. The van der Waals surface area contributed by atoms with Crippen LogP contribution in [0.4, 0.5) is 0 Å². The summed E-state index contributed by atoms with van der Waals surface area (Å²) < 4.78 is -1.12. The maximum Gasteiger partial charge on any atom is 0.307 e. The molecule has 3 N–H and O–H groups in total. The molecule has 22 heavy (non-hydrogen) atoms. The van der Waals surface area contributed by atoms with E-state index in [0.717, 1.165) is 0 Å². The van der Waals surface area contributed by atoms with Gasteiger partial charge in [-0.2, -0.15) is 0 Å². The molecule has 2 fully saturated rings. The number of nitrogens with one attached hydrogen (secondary N) is 2. The van der Waals surface area contributed by atoms with Crippen molar-refractivity contribution >= 4 is 41.0 Å². The van der Waals surface area contributed by atoms with Crippen LogP contribution in [0.2, 0.25) is 0 Å². The molecule has 0 aromatic heterocycles. The van der Waals surface area contributed by atoms with E-state index in [-0.39, 0.29) is 11.8 Å². The van der Waals surface area contributed by atoms with Crippen LogP contribution in [0.25, 0.3) is 0 Å². The monoisotopic (exact) mass is 346 g/mol. The molecule has 120 valence electrons. The van der Waals surface area contributed by atoms with Crippen LogP contribution in [0.5, 0.6) is 0 Å². The summed E-state index contributed by atoms with van der Waals surface area (Å²) in [4.78, 5) is 35.6. The molecule has 0 unspecified atom stereocenters. The number of carbonyl (C=O) groups excluding carboxylic acids is 2. The molecular formula is C14H16Cl2N2O4. The Morgan fingerprint density at radius 3 is 2.18 bits per heavy atom. The molecule has 8 heteroatoms. The molecular weight excluding hydrogens is 331 g/mol. The molecule has 0 saturated heterocycles. The highest BCUT2D eigenvalue weighted by molar-refractivity contribution is 6.53. The standard InChI is InChI=1S/C14H16Cl2N2O4/c1-13(5-14(13,15)16)12(22)18-17-10(19)8-6-2-3-7(4-6)9(8)11(20)21/h2-3,6-9H,4-5H2,1H3,(H,17,19)(H,18,22)(H,20,21)/t6-,7-,8+,9-,13+/m0/s1. The Kier molecular flexibility index (Phi) is 3.45. The fraction of sp³-hybridized carbons (Fsp3) is 0.643. The summed E-state index contributed by atoms with van der Waals surface area (Å²) in [5, 5.41) is 9.30. The number of carbonyl (C=O) groups is 3. The zero-order valence-corrected chi connectivity index (χ0v) is 13.3. The number of halogens is 2. The van der Waals surface area contributed by atoms with Crippen LogP contribution in [0, 0.1) is 29.1 Å². The Bertz CT molecular complexity index is 591. The van der Waals surface area contributed by atoms with Crippen molar-refractivity contribution in [3.05, 3.63) is 12.2 Å². The molecule has 5 atom stereocenters. The van der Waals surface area contributed by atoms with Gasteiger partial charge in [0.05, 0.1) is 17.3 Å². The maximum absolute atomic E-state index is 12.3. The highest BCUT2D eigenvalue weighted by atomic mass is 35.5. The summed E-state index contributed by atoms with van der Waals surface area (Å²) in [6.07, 6.45) is 4.69. The number of allylic oxidation sites excluding steroid dienone is 2. The van der Waals surface area contributed by atoms with Gasteiger partial charge in [0.1, 0.15) is 4.33 Å². The third-order valence-electron chi connectivity index (χ3n) is 5.11. The van der Waals surface area contributed by atoms with Crippen LogP contribution in [-0.2, 0) is 14.4 Å². The van der Waals surface area contributed by atoms with Gasteiger partial charge in [0.15, 0.2) is 0 Å². The van der Waals surface area contributed by atoms with E-state index >= 15 is 0 Å². The van der Waals surface area contributed by atoms with Gasteiger partial charge in [0.2, 0.25) is 11.8 Å². The topological polar surface area (TPSA) is 95.5 Å². The van der Waals surface area contributed by atoms with E-state index < -0.39 is 39.4 Å². The number of rotatable bonds is 3. The van der Waals surface area contributed by atoms with Gasteiger partial charge in [0.25, 0.3) is 0 Å². The van der Waals surface area contributed by atoms with E-state index in [4.69, 9.17) is 23.2 Å². The van der Waals surface area contributed by atoms with Crippen molar-refractivity contribution in [3.63, 3.8) is 0 Å². The van der Waals surface area contributed by atoms with Crippen LogP contribution in [0.1, 0.15) is 19.8 Å². The quantitative estimate of drug-likeness (QED) is 0.407. The number of amides is 2. The van der Waals surface area contributed by atoms with Gasteiger partial charge in [-0.25, -0.2) is 0 Å². The molecule has 2 saturated carbocycles. The average molecular weight is 347 g/mol. The summed E-state index contributed by atoms with van der Waals surface area (Å²) in [5.41, 5.74) is 3.70. The van der Waals surface area contributed by atoms with E-state index in [2.05, 4.69) is 10.9 Å². The zero-order valence-electron chi connectivity index (χ0n) is 11.8. The van der Waals surface area contributed by atoms with E-state index in [1.54, 1.807) is 6.92 Å². The first-order chi connectivity index (χ1) is 10.2. The number of aliphatic carboxylic acids is 1. The van der Waals surface area contributed by atoms with E-state index in [0.29, 0.717) is 12.8 Å². The summed E-state index contributed by atoms with van der Waals surface area (Å²) in [6.45, 7) is 1.61. The molecule has 3 aliphatic rings. The zero-order chi connectivity index (χ0) is 16.3. The number of carboxylic acid groups (broad SMARTS) is 1. The lowest BCUT2D eigenvalue weighted by molar-refractivity contribution is -0.148. The molecule has 3 rings (SSSR count). The molecule has 0 radical (unpaired) electrons. The van der Waals surface area contributed by atoms with E-state index in [1.807, 2.05) is 12.2 Å². The van der Waals surface area contributed by atoms with Gasteiger partial charge in [-0.3, -0.25) is 25.2 Å². The molecule has 0 aromatic rings. The third-order valence-corrected chi connectivity index (χ3v) is 6.21. The predicted octanol–water partition coefficient (Wildman–Crippen LogP) is 1.24. The SMILES string of the molecule is C[C@]1(C(=O)NNC(=O)[C@H]2[C@@H](C(=O)O)[C@H]3C=C[C@H]2C3)CC1(Cl)Cl. The summed E-state index contributed by atoms with van der Waals surface area (Å²) in [7, 11) is 0. The van der Waals surface area contributed by atoms with Gasteiger partial charge >= 0.3 is 5.97 Å². The molecule has 2 bridgehead atoms. The van der Waals surface area contributed by atoms with E-state index in [1.165, 1.54) is 0 Å². The number of hydrogen-bond donors (Lipinski definition) is 3. The lowest BCUT2D eigenvalue weighted by atomic mass is 9.82. The smallest absolute Gasteiger partial charge is 0.307 e. The van der Waals surface area contributed by atoms with Crippen LogP contribution in [0.15, 0.2) is 12.2 Å². The van der Waals surface area contributed by atoms with Gasteiger partial charge in [-0.05, 0) is 31.6 Å². The Morgan fingerprint density at radius 2 is 1.68 bits per heavy atom. The Hall–Kier alpha value is -1.27. The lowest BCUT2D eigenvalue weighted by Crippen LogP contribution is -2.50. The Morgan fingerprint density at radius 1 is 1.14 bits per heavy atom. The van der Waals surface area contributed by atoms with Crippen molar-refractivity contribution in [1.29, 1.82) is 0 Å². The van der Waals surface area contributed by atoms with Crippen molar-refractivity contribution in [2.75, 3.05) is 0 Å². The maximum atomic E-state index is 12.3. The van der Waals surface area contributed by atoms with Crippen molar-refractivity contribution < 1.29 is 19.5 Å².